The molecular weight excluding hydrogens is 216 g/mol. The average Bonchev–Trinajstić information content (AvgIpc) is 2.78. The van der Waals surface area contributed by atoms with Gasteiger partial charge in [-0.25, -0.2) is 0 Å². The largest absolute Gasteiger partial charge is 0.480 e. The predicted octanol–water partition coefficient (Wildman–Crippen LogP) is 1.31. The van der Waals surface area contributed by atoms with Gasteiger partial charge in [0.05, 0.1) is 0 Å². The molecule has 4 heteroatoms. The minimum absolute atomic E-state index is 0.323. The minimum Gasteiger partial charge on any atom is -0.480 e. The van der Waals surface area contributed by atoms with Crippen LogP contribution in [0.25, 0.3) is 0 Å². The topological polar surface area (TPSA) is 52.6 Å². The van der Waals surface area contributed by atoms with Crippen LogP contribution in [0, 0.1) is 5.92 Å². The number of carbonyl (C=O) groups is 1. The number of rotatable bonds is 3. The lowest BCUT2D eigenvalue weighted by atomic mass is 9.87. The molecule has 0 aliphatic carbocycles. The van der Waals surface area contributed by atoms with Crippen molar-refractivity contribution < 1.29 is 9.90 Å². The van der Waals surface area contributed by atoms with Crippen LogP contribution >= 0.6 is 0 Å². The van der Waals surface area contributed by atoms with Gasteiger partial charge in [0.15, 0.2) is 0 Å². The molecule has 0 aromatic rings. The summed E-state index contributed by atoms with van der Waals surface area (Å²) in [5.41, 5.74) is 0. The zero-order valence-corrected chi connectivity index (χ0v) is 10.9. The van der Waals surface area contributed by atoms with Crippen LogP contribution in [-0.4, -0.2) is 47.2 Å². The van der Waals surface area contributed by atoms with E-state index in [4.69, 9.17) is 5.11 Å². The SMILES string of the molecule is CC(C)N1CCCCC1C1CNC(C(=O)O)C1. The lowest BCUT2D eigenvalue weighted by Crippen LogP contribution is -2.48. The lowest BCUT2D eigenvalue weighted by molar-refractivity contribution is -0.139. The highest BCUT2D eigenvalue weighted by molar-refractivity contribution is 5.73. The minimum atomic E-state index is -0.695. The van der Waals surface area contributed by atoms with Gasteiger partial charge in [-0.15, -0.1) is 0 Å². The highest BCUT2D eigenvalue weighted by Crippen LogP contribution is 2.30. The number of carboxylic acid groups (broad SMARTS) is 1. The van der Waals surface area contributed by atoms with Gasteiger partial charge in [-0.05, 0) is 45.6 Å². The Morgan fingerprint density at radius 1 is 1.41 bits per heavy atom. The normalized spacial score (nSPS) is 35.4. The fourth-order valence-corrected chi connectivity index (χ4v) is 3.37. The third-order valence-electron chi connectivity index (χ3n) is 4.26. The summed E-state index contributed by atoms with van der Waals surface area (Å²) in [6.45, 7) is 6.53. The first-order chi connectivity index (χ1) is 8.09. The van der Waals surface area contributed by atoms with Crippen LogP contribution in [-0.2, 0) is 4.79 Å². The molecular formula is C13H24N2O2. The van der Waals surface area contributed by atoms with E-state index in [1.807, 2.05) is 0 Å². The fourth-order valence-electron chi connectivity index (χ4n) is 3.37. The summed E-state index contributed by atoms with van der Waals surface area (Å²) in [5, 5.41) is 12.2. The molecule has 2 rings (SSSR count). The molecule has 3 unspecified atom stereocenters. The van der Waals surface area contributed by atoms with Gasteiger partial charge < -0.3 is 10.4 Å². The lowest BCUT2D eigenvalue weighted by Gasteiger charge is -2.41. The Morgan fingerprint density at radius 2 is 2.18 bits per heavy atom. The van der Waals surface area contributed by atoms with Gasteiger partial charge in [-0.2, -0.15) is 0 Å². The summed E-state index contributed by atoms with van der Waals surface area (Å²) >= 11 is 0. The quantitative estimate of drug-likeness (QED) is 0.781. The van der Waals surface area contributed by atoms with E-state index in [-0.39, 0.29) is 6.04 Å². The molecule has 0 aromatic carbocycles. The third-order valence-corrected chi connectivity index (χ3v) is 4.26. The van der Waals surface area contributed by atoms with Gasteiger partial charge >= 0.3 is 5.97 Å². The zero-order chi connectivity index (χ0) is 12.4. The Hall–Kier alpha value is -0.610. The van der Waals surface area contributed by atoms with Crippen LogP contribution in [0.3, 0.4) is 0 Å². The molecule has 0 saturated carbocycles. The van der Waals surface area contributed by atoms with Gasteiger partial charge in [0, 0.05) is 18.6 Å². The highest BCUT2D eigenvalue weighted by atomic mass is 16.4. The molecule has 0 amide bonds. The van der Waals surface area contributed by atoms with Crippen molar-refractivity contribution in [1.82, 2.24) is 10.2 Å². The molecule has 2 fully saturated rings. The standard InChI is InChI=1S/C13H24N2O2/c1-9(2)15-6-4-3-5-12(15)10-7-11(13(16)17)14-8-10/h9-12,14H,3-8H2,1-2H3,(H,16,17). The second-order valence-corrected chi connectivity index (χ2v) is 5.69. The number of piperidine rings is 1. The van der Waals surface area contributed by atoms with Crippen LogP contribution in [0.2, 0.25) is 0 Å². The van der Waals surface area contributed by atoms with Crippen molar-refractivity contribution in [2.45, 2.75) is 57.7 Å². The number of hydrogen-bond acceptors (Lipinski definition) is 3. The van der Waals surface area contributed by atoms with Crippen molar-refractivity contribution in [2.24, 2.45) is 5.92 Å². The van der Waals surface area contributed by atoms with E-state index in [0.717, 1.165) is 13.0 Å². The number of nitrogens with zero attached hydrogens (tertiary/aromatic N) is 1. The summed E-state index contributed by atoms with van der Waals surface area (Å²) in [5.74, 6) is -0.182. The van der Waals surface area contributed by atoms with Gasteiger partial charge in [0.2, 0.25) is 0 Å². The van der Waals surface area contributed by atoms with Gasteiger partial charge in [-0.1, -0.05) is 6.42 Å². The molecule has 0 radical (unpaired) electrons. The maximum atomic E-state index is 11.0. The van der Waals surface area contributed by atoms with E-state index in [2.05, 4.69) is 24.1 Å². The van der Waals surface area contributed by atoms with Gasteiger partial charge in [0.1, 0.15) is 6.04 Å². The highest BCUT2D eigenvalue weighted by Gasteiger charge is 2.38. The van der Waals surface area contributed by atoms with Gasteiger partial charge in [-0.3, -0.25) is 9.69 Å². The van der Waals surface area contributed by atoms with E-state index in [0.29, 0.717) is 18.0 Å². The molecule has 0 spiro atoms. The summed E-state index contributed by atoms with van der Waals surface area (Å²) in [6.07, 6.45) is 4.61. The van der Waals surface area contributed by atoms with E-state index >= 15 is 0 Å². The monoisotopic (exact) mass is 240 g/mol. The molecule has 98 valence electrons. The average molecular weight is 240 g/mol. The van der Waals surface area contributed by atoms with Crippen molar-refractivity contribution in [3.8, 4) is 0 Å². The van der Waals surface area contributed by atoms with Crippen LogP contribution in [0.15, 0.2) is 0 Å². The first-order valence-corrected chi connectivity index (χ1v) is 6.81. The molecule has 17 heavy (non-hydrogen) atoms. The number of likely N-dealkylation sites (tertiary alicyclic amines) is 1. The first kappa shape index (κ1) is 12.8. The number of nitrogens with one attached hydrogen (secondary N) is 1. The van der Waals surface area contributed by atoms with E-state index in [1.165, 1.54) is 25.8 Å². The van der Waals surface area contributed by atoms with Crippen molar-refractivity contribution in [3.05, 3.63) is 0 Å². The summed E-state index contributed by atoms with van der Waals surface area (Å²) in [4.78, 5) is 13.5. The second kappa shape index (κ2) is 5.36. The van der Waals surface area contributed by atoms with Crippen molar-refractivity contribution in [1.29, 1.82) is 0 Å². The fraction of sp³-hybridized carbons (Fsp3) is 0.923. The summed E-state index contributed by atoms with van der Waals surface area (Å²) in [7, 11) is 0. The molecule has 2 aliphatic heterocycles. The Kier molecular flexibility index (Phi) is 4.05. The Morgan fingerprint density at radius 3 is 2.76 bits per heavy atom. The number of carboxylic acids is 1. The molecule has 4 nitrogen and oxygen atoms in total. The van der Waals surface area contributed by atoms with Crippen molar-refractivity contribution >= 4 is 5.97 Å². The number of hydrogen-bond donors (Lipinski definition) is 2. The van der Waals surface area contributed by atoms with Gasteiger partial charge in [0.25, 0.3) is 0 Å². The molecule has 3 atom stereocenters. The van der Waals surface area contributed by atoms with Crippen molar-refractivity contribution in [2.75, 3.05) is 13.1 Å². The predicted molar refractivity (Wildman–Crippen MR) is 67.0 cm³/mol. The van der Waals surface area contributed by atoms with Crippen LogP contribution in [0.1, 0.15) is 39.5 Å². The van der Waals surface area contributed by atoms with Crippen LogP contribution in [0.5, 0.6) is 0 Å². The maximum Gasteiger partial charge on any atom is 0.320 e. The maximum absolute atomic E-state index is 11.0. The molecule has 2 N–H and O–H groups in total. The molecule has 2 saturated heterocycles. The smallest absolute Gasteiger partial charge is 0.320 e. The molecule has 0 bridgehead atoms. The van der Waals surface area contributed by atoms with Crippen LogP contribution < -0.4 is 5.32 Å². The zero-order valence-electron chi connectivity index (χ0n) is 10.9. The van der Waals surface area contributed by atoms with E-state index in [9.17, 15) is 4.79 Å². The molecule has 2 heterocycles. The Bertz CT molecular complexity index is 281. The first-order valence-electron chi connectivity index (χ1n) is 6.81. The molecule has 0 aromatic heterocycles. The van der Waals surface area contributed by atoms with Crippen molar-refractivity contribution in [3.63, 3.8) is 0 Å². The van der Waals surface area contributed by atoms with E-state index in [1.54, 1.807) is 0 Å². The molecule has 2 aliphatic rings. The van der Waals surface area contributed by atoms with E-state index < -0.39 is 5.97 Å². The Balaban J connectivity index is 1.98. The number of aliphatic carboxylic acids is 1. The third kappa shape index (κ3) is 2.80. The van der Waals surface area contributed by atoms with Crippen LogP contribution in [0.4, 0.5) is 0 Å². The summed E-state index contributed by atoms with van der Waals surface area (Å²) < 4.78 is 0. The Labute approximate surface area is 103 Å². The second-order valence-electron chi connectivity index (χ2n) is 5.69. The summed E-state index contributed by atoms with van der Waals surface area (Å²) in [6, 6.07) is 0.834.